The van der Waals surface area contributed by atoms with E-state index in [0.717, 1.165) is 23.3 Å². The number of nitrogens with two attached hydrogens (primary N) is 1. The number of aromatic nitrogens is 3. The van der Waals surface area contributed by atoms with Crippen LogP contribution < -0.4 is 16.0 Å². The molecule has 2 bridgehead atoms. The molecule has 1 saturated carbocycles. The van der Waals surface area contributed by atoms with E-state index in [2.05, 4.69) is 25.4 Å². The zero-order valence-electron chi connectivity index (χ0n) is 15.0. The van der Waals surface area contributed by atoms with Crippen LogP contribution in [-0.4, -0.2) is 46.8 Å². The number of carbonyl (C=O) groups is 1. The minimum absolute atomic E-state index is 0.394. The number of nitrogens with zero attached hydrogens (tertiary/aromatic N) is 4. The first-order valence-corrected chi connectivity index (χ1v) is 9.13. The van der Waals surface area contributed by atoms with Gasteiger partial charge in [-0.25, -0.2) is 0 Å². The van der Waals surface area contributed by atoms with E-state index >= 15 is 0 Å². The van der Waals surface area contributed by atoms with Crippen LogP contribution in [0.2, 0.25) is 0 Å². The van der Waals surface area contributed by atoms with Crippen LogP contribution in [0.25, 0.3) is 22.3 Å². The normalized spacial score (nSPS) is 23.4. The van der Waals surface area contributed by atoms with Crippen molar-refractivity contribution in [3.05, 3.63) is 48.2 Å². The summed E-state index contributed by atoms with van der Waals surface area (Å²) >= 11 is 0. The van der Waals surface area contributed by atoms with Gasteiger partial charge in [0.25, 0.3) is 5.91 Å². The number of rotatable bonds is 4. The summed E-state index contributed by atoms with van der Waals surface area (Å²) in [5, 5.41) is 13.0. The summed E-state index contributed by atoms with van der Waals surface area (Å²) in [6.07, 6.45) is 2.92. The van der Waals surface area contributed by atoms with Gasteiger partial charge in [-0.3, -0.25) is 9.78 Å². The van der Waals surface area contributed by atoms with Crippen molar-refractivity contribution >= 4 is 22.5 Å². The second kappa shape index (κ2) is 5.99. The summed E-state index contributed by atoms with van der Waals surface area (Å²) in [6, 6.07) is 12.4. The van der Waals surface area contributed by atoms with Gasteiger partial charge in [-0.05, 0) is 49.7 Å². The number of pyridine rings is 1. The van der Waals surface area contributed by atoms with Gasteiger partial charge in [0.05, 0.1) is 11.3 Å². The molecule has 0 radical (unpaired) electrons. The predicted molar refractivity (Wildman–Crippen MR) is 103 cm³/mol. The van der Waals surface area contributed by atoms with Crippen LogP contribution in [0.5, 0.6) is 0 Å². The molecular weight excluding hydrogens is 340 g/mol. The van der Waals surface area contributed by atoms with Crippen LogP contribution >= 0.6 is 0 Å². The van der Waals surface area contributed by atoms with Crippen LogP contribution in [0.3, 0.4) is 0 Å². The highest BCUT2D eigenvalue weighted by molar-refractivity contribution is 6.08. The van der Waals surface area contributed by atoms with Crippen molar-refractivity contribution < 1.29 is 4.79 Å². The Balaban J connectivity index is 1.69. The molecule has 1 amide bonds. The van der Waals surface area contributed by atoms with Crippen molar-refractivity contribution in [3.8, 4) is 11.4 Å². The number of benzene rings is 1. The van der Waals surface area contributed by atoms with Gasteiger partial charge in [-0.1, -0.05) is 6.07 Å². The Labute approximate surface area is 156 Å². The molecule has 2 aromatic heterocycles. The van der Waals surface area contributed by atoms with Gasteiger partial charge in [0, 0.05) is 35.9 Å². The average Bonchev–Trinajstić information content (AvgIpc) is 3.27. The van der Waals surface area contributed by atoms with Gasteiger partial charge in [0.1, 0.15) is 11.2 Å². The maximum absolute atomic E-state index is 11.9. The van der Waals surface area contributed by atoms with Crippen LogP contribution in [0.1, 0.15) is 16.8 Å². The molecule has 2 aliphatic heterocycles. The lowest BCUT2D eigenvalue weighted by atomic mass is 9.80. The predicted octanol–water partition coefficient (Wildman–Crippen LogP) is 1.59. The molecule has 7 heteroatoms. The summed E-state index contributed by atoms with van der Waals surface area (Å²) < 4.78 is 0. The summed E-state index contributed by atoms with van der Waals surface area (Å²) in [5.74, 6) is 0.168. The van der Waals surface area contributed by atoms with Crippen LogP contribution in [-0.2, 0) is 0 Å². The molecular formula is C20H20N6O. The average molecular weight is 360 g/mol. The smallest absolute Gasteiger partial charge is 0.250 e. The fraction of sp³-hybridized carbons (Fsp3) is 0.300. The number of anilines is 1. The van der Waals surface area contributed by atoms with E-state index in [1.54, 1.807) is 12.3 Å². The van der Waals surface area contributed by atoms with Crippen molar-refractivity contribution in [2.75, 3.05) is 18.5 Å². The van der Waals surface area contributed by atoms with Gasteiger partial charge in [-0.15, -0.1) is 10.2 Å². The largest absolute Gasteiger partial charge is 0.366 e. The lowest BCUT2D eigenvalue weighted by molar-refractivity contribution is 0.100. The van der Waals surface area contributed by atoms with Crippen molar-refractivity contribution in [1.82, 2.24) is 20.5 Å². The van der Waals surface area contributed by atoms with E-state index in [9.17, 15) is 4.79 Å². The van der Waals surface area contributed by atoms with E-state index in [0.29, 0.717) is 34.8 Å². The maximum Gasteiger partial charge on any atom is 0.250 e. The molecule has 3 unspecified atom stereocenters. The van der Waals surface area contributed by atoms with Gasteiger partial charge in [-0.2, -0.15) is 0 Å². The van der Waals surface area contributed by atoms with Crippen molar-refractivity contribution in [2.24, 2.45) is 11.7 Å². The molecule has 7 nitrogen and oxygen atoms in total. The Morgan fingerprint density at radius 3 is 2.81 bits per heavy atom. The van der Waals surface area contributed by atoms with E-state index in [1.807, 2.05) is 37.4 Å². The van der Waals surface area contributed by atoms with Crippen molar-refractivity contribution in [3.63, 3.8) is 0 Å². The standard InChI is InChI=1S/C20H20N6O/c1-22-18-11-8-17(18)26(10-11)16-6-5-12(20(21)27)19-13(16)9-15(24-25-19)14-4-2-3-7-23-14/h2-7,9,11,17-18,22H,8,10H2,1H3,(H2,21,27). The third-order valence-electron chi connectivity index (χ3n) is 5.87. The third kappa shape index (κ3) is 2.39. The number of hydrogen-bond donors (Lipinski definition) is 2. The number of hydrogen-bond acceptors (Lipinski definition) is 6. The van der Waals surface area contributed by atoms with Crippen LogP contribution in [0.15, 0.2) is 42.6 Å². The molecule has 3 N–H and O–H groups in total. The van der Waals surface area contributed by atoms with Gasteiger partial charge in [0.2, 0.25) is 0 Å². The lowest BCUT2D eigenvalue weighted by Crippen LogP contribution is -2.51. The van der Waals surface area contributed by atoms with E-state index in [1.165, 1.54) is 6.42 Å². The quantitative estimate of drug-likeness (QED) is 0.733. The van der Waals surface area contributed by atoms with Crippen LogP contribution in [0.4, 0.5) is 5.69 Å². The first-order chi connectivity index (χ1) is 13.2. The SMILES string of the molecule is CNC1C2CC1N(c1ccc(C(N)=O)c3nnc(-c4ccccn4)cc13)C2. The number of nitrogens with one attached hydrogen (secondary N) is 1. The van der Waals surface area contributed by atoms with E-state index in [-0.39, 0.29) is 0 Å². The van der Waals surface area contributed by atoms with E-state index < -0.39 is 5.91 Å². The Morgan fingerprint density at radius 1 is 1.22 bits per heavy atom. The molecule has 3 aliphatic rings. The molecule has 1 aromatic carbocycles. The Morgan fingerprint density at radius 2 is 2.11 bits per heavy atom. The molecule has 3 atom stereocenters. The van der Waals surface area contributed by atoms with Crippen molar-refractivity contribution in [2.45, 2.75) is 18.5 Å². The second-order valence-corrected chi connectivity index (χ2v) is 7.23. The number of likely N-dealkylation sites (N-methyl/N-ethyl adjacent to an activating group) is 1. The minimum atomic E-state index is -0.495. The van der Waals surface area contributed by atoms with Gasteiger partial charge < -0.3 is 16.0 Å². The number of amides is 1. The highest BCUT2D eigenvalue weighted by Crippen LogP contribution is 2.45. The highest BCUT2D eigenvalue weighted by Gasteiger charge is 2.51. The van der Waals surface area contributed by atoms with Gasteiger partial charge in [0.15, 0.2) is 0 Å². The minimum Gasteiger partial charge on any atom is -0.366 e. The molecule has 2 saturated heterocycles. The Bertz CT molecular complexity index is 1040. The fourth-order valence-electron chi connectivity index (χ4n) is 4.53. The molecule has 3 aromatic rings. The van der Waals surface area contributed by atoms with Gasteiger partial charge >= 0.3 is 0 Å². The van der Waals surface area contributed by atoms with E-state index in [4.69, 9.17) is 5.73 Å². The van der Waals surface area contributed by atoms with Crippen molar-refractivity contribution in [1.29, 1.82) is 0 Å². The molecule has 0 spiro atoms. The molecule has 6 rings (SSSR count). The molecule has 1 aliphatic carbocycles. The summed E-state index contributed by atoms with van der Waals surface area (Å²) in [6.45, 7) is 1.00. The lowest BCUT2D eigenvalue weighted by Gasteiger charge is -2.37. The first-order valence-electron chi connectivity index (χ1n) is 9.13. The third-order valence-corrected chi connectivity index (χ3v) is 5.87. The number of carbonyl (C=O) groups excluding carboxylic acids is 1. The molecule has 4 heterocycles. The second-order valence-electron chi connectivity index (χ2n) is 7.23. The first kappa shape index (κ1) is 16.1. The zero-order valence-corrected chi connectivity index (χ0v) is 15.0. The molecule has 3 fully saturated rings. The fourth-order valence-corrected chi connectivity index (χ4v) is 4.53. The number of primary amides is 1. The number of fused-ring (bicyclic) bond motifs is 2. The Hall–Kier alpha value is -3.06. The van der Waals surface area contributed by atoms with Crippen LogP contribution in [0, 0.1) is 5.92 Å². The maximum atomic E-state index is 11.9. The molecule has 136 valence electrons. The summed E-state index contributed by atoms with van der Waals surface area (Å²) in [7, 11) is 2.02. The monoisotopic (exact) mass is 360 g/mol. The topological polar surface area (TPSA) is 97.0 Å². The highest BCUT2D eigenvalue weighted by atomic mass is 16.1. The Kier molecular flexibility index (Phi) is 3.58. The summed E-state index contributed by atoms with van der Waals surface area (Å²) in [5.41, 5.74) is 9.02. The summed E-state index contributed by atoms with van der Waals surface area (Å²) in [4.78, 5) is 18.7. The zero-order chi connectivity index (χ0) is 18.5. The molecule has 27 heavy (non-hydrogen) atoms.